The van der Waals surface area contributed by atoms with Crippen LogP contribution in [-0.4, -0.2) is 28.1 Å². The van der Waals surface area contributed by atoms with Crippen molar-refractivity contribution in [2.75, 3.05) is 0 Å². The van der Waals surface area contributed by atoms with Crippen LogP contribution in [0.25, 0.3) is 0 Å². The third-order valence-electron chi connectivity index (χ3n) is 3.74. The maximum absolute atomic E-state index is 12.6. The summed E-state index contributed by atoms with van der Waals surface area (Å²) in [7, 11) is 0. The van der Waals surface area contributed by atoms with Gasteiger partial charge in [0.15, 0.2) is 0 Å². The summed E-state index contributed by atoms with van der Waals surface area (Å²) in [5.41, 5.74) is 0.917. The van der Waals surface area contributed by atoms with Crippen molar-refractivity contribution < 1.29 is 9.59 Å². The van der Waals surface area contributed by atoms with Gasteiger partial charge in [-0.3, -0.25) is 9.59 Å². The van der Waals surface area contributed by atoms with E-state index in [1.807, 2.05) is 58.0 Å². The molecule has 0 fully saturated rings. The Balaban J connectivity index is 1.96. The Morgan fingerprint density at radius 1 is 1.08 bits per heavy atom. The summed E-state index contributed by atoms with van der Waals surface area (Å²) >= 11 is 1.45. The lowest BCUT2D eigenvalue weighted by molar-refractivity contribution is -0.130. The van der Waals surface area contributed by atoms with Gasteiger partial charge in [0.2, 0.25) is 11.8 Å². The van der Waals surface area contributed by atoms with Gasteiger partial charge in [-0.2, -0.15) is 0 Å². The van der Waals surface area contributed by atoms with E-state index in [1.165, 1.54) is 11.3 Å². The minimum absolute atomic E-state index is 0.0249. The highest BCUT2D eigenvalue weighted by Gasteiger charge is 2.26. The second-order valence-corrected chi connectivity index (χ2v) is 7.55. The number of nitrogens with zero attached hydrogens (tertiary/aromatic N) is 2. The van der Waals surface area contributed by atoms with Crippen molar-refractivity contribution in [1.82, 2.24) is 20.8 Å². The predicted octanol–water partition coefficient (Wildman–Crippen LogP) is 2.41. The fourth-order valence-electron chi connectivity index (χ4n) is 2.39. The summed E-state index contributed by atoms with van der Waals surface area (Å²) < 4.78 is 0. The molecule has 6 nitrogen and oxygen atoms in total. The Kier molecular flexibility index (Phi) is 6.64. The summed E-state index contributed by atoms with van der Waals surface area (Å²) in [6, 6.07) is 8.64. The van der Waals surface area contributed by atoms with Gasteiger partial charge in [0, 0.05) is 0 Å². The van der Waals surface area contributed by atoms with Crippen molar-refractivity contribution in [3.05, 3.63) is 45.9 Å². The van der Waals surface area contributed by atoms with E-state index in [-0.39, 0.29) is 30.2 Å². The van der Waals surface area contributed by atoms with Crippen LogP contribution in [0, 0.1) is 12.8 Å². The first-order chi connectivity index (χ1) is 11.9. The molecule has 25 heavy (non-hydrogen) atoms. The van der Waals surface area contributed by atoms with Crippen LogP contribution in [0.5, 0.6) is 0 Å². The van der Waals surface area contributed by atoms with Gasteiger partial charge in [-0.15, -0.1) is 10.2 Å². The van der Waals surface area contributed by atoms with Gasteiger partial charge in [-0.05, 0) is 25.3 Å². The third-order valence-corrected chi connectivity index (χ3v) is 4.77. The molecular formula is C18H24N4O2S. The topological polar surface area (TPSA) is 84.0 Å². The number of carbonyl (C=O) groups is 2. The Hall–Kier alpha value is -2.28. The molecule has 2 atom stereocenters. The van der Waals surface area contributed by atoms with Gasteiger partial charge in [0.25, 0.3) is 0 Å². The lowest BCUT2D eigenvalue weighted by Crippen LogP contribution is -2.50. The maximum atomic E-state index is 12.6. The molecule has 0 saturated carbocycles. The highest BCUT2D eigenvalue weighted by Crippen LogP contribution is 2.17. The first-order valence-electron chi connectivity index (χ1n) is 8.30. The Bertz CT molecular complexity index is 715. The zero-order valence-electron chi connectivity index (χ0n) is 14.9. The zero-order chi connectivity index (χ0) is 18.4. The normalized spacial score (nSPS) is 13.3. The van der Waals surface area contributed by atoms with Crippen molar-refractivity contribution in [3.63, 3.8) is 0 Å². The van der Waals surface area contributed by atoms with Crippen LogP contribution >= 0.6 is 11.3 Å². The summed E-state index contributed by atoms with van der Waals surface area (Å²) in [5.74, 6) is -0.403. The second-order valence-electron chi connectivity index (χ2n) is 6.34. The number of nitrogens with one attached hydrogen (secondary N) is 2. The number of amides is 2. The fourth-order valence-corrected chi connectivity index (χ4v) is 3.09. The maximum Gasteiger partial charge on any atom is 0.243 e. The van der Waals surface area contributed by atoms with Crippen LogP contribution in [0.15, 0.2) is 30.3 Å². The van der Waals surface area contributed by atoms with Crippen LogP contribution in [0.2, 0.25) is 0 Å². The minimum atomic E-state index is -0.590. The van der Waals surface area contributed by atoms with Gasteiger partial charge in [0.05, 0.1) is 12.5 Å². The Labute approximate surface area is 152 Å². The molecule has 7 heteroatoms. The molecular weight excluding hydrogens is 336 g/mol. The van der Waals surface area contributed by atoms with Crippen LogP contribution < -0.4 is 10.6 Å². The molecule has 0 radical (unpaired) electrons. The predicted molar refractivity (Wildman–Crippen MR) is 98.1 cm³/mol. The molecule has 134 valence electrons. The van der Waals surface area contributed by atoms with Crippen molar-refractivity contribution in [2.45, 2.75) is 46.2 Å². The van der Waals surface area contributed by atoms with E-state index in [2.05, 4.69) is 20.8 Å². The standard InChI is InChI=1S/C18H24N4O2S/c1-11(2)16(20-15(23)10-14-8-6-5-7-9-14)17(24)19-12(3)18-22-21-13(4)25-18/h5-9,11-12,16H,10H2,1-4H3,(H,19,24)(H,20,23)/t12-,16+/m1/s1. The molecule has 0 saturated heterocycles. The van der Waals surface area contributed by atoms with E-state index >= 15 is 0 Å². The largest absolute Gasteiger partial charge is 0.345 e. The lowest BCUT2D eigenvalue weighted by atomic mass is 10.0. The van der Waals surface area contributed by atoms with Gasteiger partial charge in [-0.1, -0.05) is 55.5 Å². The van der Waals surface area contributed by atoms with Gasteiger partial charge < -0.3 is 10.6 Å². The first kappa shape index (κ1) is 19.1. The summed E-state index contributed by atoms with van der Waals surface area (Å²) in [6.07, 6.45) is 0.252. The minimum Gasteiger partial charge on any atom is -0.345 e. The average Bonchev–Trinajstić information content (AvgIpc) is 2.99. The van der Waals surface area contributed by atoms with E-state index in [9.17, 15) is 9.59 Å². The molecule has 2 aromatic rings. The number of aryl methyl sites for hydroxylation is 1. The monoisotopic (exact) mass is 360 g/mol. The summed E-state index contributed by atoms with van der Waals surface area (Å²) in [6.45, 7) is 7.55. The molecule has 0 aliphatic heterocycles. The van der Waals surface area contributed by atoms with E-state index in [4.69, 9.17) is 0 Å². The lowest BCUT2D eigenvalue weighted by Gasteiger charge is -2.23. The van der Waals surface area contributed by atoms with Gasteiger partial charge in [-0.25, -0.2) is 0 Å². The molecule has 2 N–H and O–H groups in total. The fraction of sp³-hybridized carbons (Fsp3) is 0.444. The third kappa shape index (κ3) is 5.63. The highest BCUT2D eigenvalue weighted by molar-refractivity contribution is 7.11. The molecule has 1 aromatic heterocycles. The molecule has 0 aliphatic rings. The molecule has 1 aromatic carbocycles. The molecule has 0 spiro atoms. The summed E-state index contributed by atoms with van der Waals surface area (Å²) in [5, 5.41) is 15.4. The van der Waals surface area contributed by atoms with Gasteiger partial charge in [0.1, 0.15) is 16.1 Å². The summed E-state index contributed by atoms with van der Waals surface area (Å²) in [4.78, 5) is 24.9. The number of hydrogen-bond acceptors (Lipinski definition) is 5. The molecule has 0 aliphatic carbocycles. The zero-order valence-corrected chi connectivity index (χ0v) is 15.8. The molecule has 2 rings (SSSR count). The quantitative estimate of drug-likeness (QED) is 0.794. The number of carbonyl (C=O) groups excluding carboxylic acids is 2. The van der Waals surface area contributed by atoms with Crippen LogP contribution in [0.3, 0.4) is 0 Å². The Morgan fingerprint density at radius 3 is 2.32 bits per heavy atom. The average molecular weight is 360 g/mol. The SMILES string of the molecule is Cc1nnc([C@@H](C)NC(=O)[C@@H](NC(=O)Cc2ccccc2)C(C)C)s1. The number of aromatic nitrogens is 2. The number of hydrogen-bond donors (Lipinski definition) is 2. The van der Waals surface area contributed by atoms with E-state index in [0.717, 1.165) is 15.6 Å². The smallest absolute Gasteiger partial charge is 0.243 e. The molecule has 0 bridgehead atoms. The molecule has 1 heterocycles. The van der Waals surface area contributed by atoms with Crippen molar-refractivity contribution in [3.8, 4) is 0 Å². The first-order valence-corrected chi connectivity index (χ1v) is 9.12. The van der Waals surface area contributed by atoms with E-state index < -0.39 is 6.04 Å². The van der Waals surface area contributed by atoms with Gasteiger partial charge >= 0.3 is 0 Å². The van der Waals surface area contributed by atoms with Crippen LogP contribution in [0.1, 0.15) is 42.4 Å². The van der Waals surface area contributed by atoms with Crippen LogP contribution in [0.4, 0.5) is 0 Å². The van der Waals surface area contributed by atoms with Crippen molar-refractivity contribution in [1.29, 1.82) is 0 Å². The second kappa shape index (κ2) is 8.71. The molecule has 0 unspecified atom stereocenters. The van der Waals surface area contributed by atoms with Crippen molar-refractivity contribution >= 4 is 23.2 Å². The van der Waals surface area contributed by atoms with Crippen LogP contribution in [-0.2, 0) is 16.0 Å². The number of rotatable bonds is 7. The van der Waals surface area contributed by atoms with Crippen molar-refractivity contribution in [2.24, 2.45) is 5.92 Å². The van der Waals surface area contributed by atoms with E-state index in [1.54, 1.807) is 0 Å². The number of benzene rings is 1. The van der Waals surface area contributed by atoms with E-state index in [0.29, 0.717) is 0 Å². The highest BCUT2D eigenvalue weighted by atomic mass is 32.1. The Morgan fingerprint density at radius 2 is 1.76 bits per heavy atom. The molecule has 2 amide bonds.